The molecule has 156 valence electrons. The van der Waals surface area contributed by atoms with Crippen molar-refractivity contribution < 1.29 is 18.8 Å². The summed E-state index contributed by atoms with van der Waals surface area (Å²) in [5, 5.41) is 0. The molecular formula is C22H24N4O4. The normalized spacial score (nSPS) is 21.0. The fourth-order valence-corrected chi connectivity index (χ4v) is 4.53. The zero-order chi connectivity index (χ0) is 20.7. The number of carbonyl (C=O) groups is 3. The second kappa shape index (κ2) is 7.27. The molecule has 3 heterocycles. The van der Waals surface area contributed by atoms with Crippen molar-refractivity contribution in [3.8, 4) is 0 Å². The number of likely N-dealkylation sites (tertiary alicyclic amines) is 1. The summed E-state index contributed by atoms with van der Waals surface area (Å²) >= 11 is 0. The molecule has 1 aliphatic carbocycles. The van der Waals surface area contributed by atoms with Crippen LogP contribution in [-0.4, -0.2) is 62.7 Å². The highest BCUT2D eigenvalue weighted by Gasteiger charge is 2.58. The van der Waals surface area contributed by atoms with Gasteiger partial charge in [0.15, 0.2) is 6.39 Å². The van der Waals surface area contributed by atoms with E-state index in [9.17, 15) is 14.4 Å². The molecule has 5 rings (SSSR count). The SMILES string of the molecule is O=C(c1cnco1)N1CCC2(CC1)C(=O)N(CC1CC1)C(=O)N2Cc1ccccc1. The van der Waals surface area contributed by atoms with Crippen LogP contribution in [0, 0.1) is 5.92 Å². The molecule has 0 N–H and O–H groups in total. The van der Waals surface area contributed by atoms with Crippen molar-refractivity contribution in [2.75, 3.05) is 19.6 Å². The number of hydrogen-bond donors (Lipinski definition) is 0. The van der Waals surface area contributed by atoms with Crippen molar-refractivity contribution in [3.05, 3.63) is 54.2 Å². The van der Waals surface area contributed by atoms with Crippen LogP contribution in [0.15, 0.2) is 47.3 Å². The van der Waals surface area contributed by atoms with E-state index in [4.69, 9.17) is 4.42 Å². The predicted octanol–water partition coefficient (Wildman–Crippen LogP) is 2.52. The number of piperidine rings is 1. The van der Waals surface area contributed by atoms with Gasteiger partial charge in [0.1, 0.15) is 5.54 Å². The van der Waals surface area contributed by atoms with Crippen LogP contribution in [0.3, 0.4) is 0 Å². The summed E-state index contributed by atoms with van der Waals surface area (Å²) < 4.78 is 5.13. The van der Waals surface area contributed by atoms with Crippen molar-refractivity contribution in [2.45, 2.75) is 37.8 Å². The first-order valence-corrected chi connectivity index (χ1v) is 10.4. The molecule has 1 saturated carbocycles. The van der Waals surface area contributed by atoms with Gasteiger partial charge >= 0.3 is 6.03 Å². The lowest BCUT2D eigenvalue weighted by Gasteiger charge is -2.42. The fourth-order valence-electron chi connectivity index (χ4n) is 4.53. The van der Waals surface area contributed by atoms with Gasteiger partial charge in [0.25, 0.3) is 11.8 Å². The third kappa shape index (κ3) is 3.16. The van der Waals surface area contributed by atoms with Crippen LogP contribution < -0.4 is 0 Å². The van der Waals surface area contributed by atoms with Gasteiger partial charge in [0.05, 0.1) is 6.20 Å². The van der Waals surface area contributed by atoms with Gasteiger partial charge in [-0.1, -0.05) is 30.3 Å². The highest BCUT2D eigenvalue weighted by molar-refractivity contribution is 6.07. The molecule has 0 radical (unpaired) electrons. The Morgan fingerprint density at radius 1 is 1.13 bits per heavy atom. The number of carbonyl (C=O) groups excluding carboxylic acids is 3. The first-order valence-electron chi connectivity index (χ1n) is 10.4. The molecule has 0 unspecified atom stereocenters. The third-order valence-corrected chi connectivity index (χ3v) is 6.46. The summed E-state index contributed by atoms with van der Waals surface area (Å²) in [6.45, 7) is 1.68. The van der Waals surface area contributed by atoms with E-state index in [2.05, 4.69) is 4.98 Å². The number of oxazole rings is 1. The predicted molar refractivity (Wildman–Crippen MR) is 106 cm³/mol. The van der Waals surface area contributed by atoms with E-state index in [0.29, 0.717) is 44.9 Å². The number of hydrogen-bond acceptors (Lipinski definition) is 5. The lowest BCUT2D eigenvalue weighted by molar-refractivity contribution is -0.135. The minimum absolute atomic E-state index is 0.109. The first kappa shape index (κ1) is 18.8. The second-order valence-corrected chi connectivity index (χ2v) is 8.40. The molecule has 1 spiro atoms. The lowest BCUT2D eigenvalue weighted by Crippen LogP contribution is -2.57. The monoisotopic (exact) mass is 408 g/mol. The van der Waals surface area contributed by atoms with Gasteiger partial charge in [-0.05, 0) is 37.2 Å². The number of aromatic nitrogens is 1. The fraction of sp³-hybridized carbons (Fsp3) is 0.455. The number of benzene rings is 1. The van der Waals surface area contributed by atoms with Crippen LogP contribution >= 0.6 is 0 Å². The van der Waals surface area contributed by atoms with Crippen LogP contribution in [0.4, 0.5) is 4.79 Å². The quantitative estimate of drug-likeness (QED) is 0.710. The molecule has 2 saturated heterocycles. The zero-order valence-corrected chi connectivity index (χ0v) is 16.7. The highest BCUT2D eigenvalue weighted by Crippen LogP contribution is 2.41. The molecule has 8 nitrogen and oxygen atoms in total. The summed E-state index contributed by atoms with van der Waals surface area (Å²) in [6.07, 6.45) is 5.62. The molecule has 2 aliphatic heterocycles. The van der Waals surface area contributed by atoms with Gasteiger partial charge in [0.2, 0.25) is 5.76 Å². The maximum absolute atomic E-state index is 13.5. The Balaban J connectivity index is 1.39. The van der Waals surface area contributed by atoms with Gasteiger partial charge in [-0.3, -0.25) is 14.5 Å². The Kier molecular flexibility index (Phi) is 4.56. The van der Waals surface area contributed by atoms with Gasteiger partial charge < -0.3 is 14.2 Å². The average molecular weight is 408 g/mol. The molecule has 8 heteroatoms. The van der Waals surface area contributed by atoms with Crippen LogP contribution in [0.5, 0.6) is 0 Å². The topological polar surface area (TPSA) is 87.0 Å². The van der Waals surface area contributed by atoms with Crippen LogP contribution in [-0.2, 0) is 11.3 Å². The van der Waals surface area contributed by atoms with Crippen molar-refractivity contribution >= 4 is 17.8 Å². The maximum Gasteiger partial charge on any atom is 0.327 e. The maximum atomic E-state index is 13.5. The molecule has 3 aliphatic rings. The first-order chi connectivity index (χ1) is 14.6. The second-order valence-electron chi connectivity index (χ2n) is 8.40. The Hall–Kier alpha value is -3.16. The van der Waals surface area contributed by atoms with Crippen molar-refractivity contribution in [1.29, 1.82) is 0 Å². The Morgan fingerprint density at radius 2 is 1.87 bits per heavy atom. The lowest BCUT2D eigenvalue weighted by atomic mass is 9.85. The molecule has 30 heavy (non-hydrogen) atoms. The van der Waals surface area contributed by atoms with Gasteiger partial charge in [-0.2, -0.15) is 0 Å². The van der Waals surface area contributed by atoms with E-state index in [1.807, 2.05) is 30.3 Å². The molecule has 3 fully saturated rings. The number of urea groups is 1. The molecule has 1 aromatic heterocycles. The Labute approximate surface area is 174 Å². The molecule has 1 aromatic carbocycles. The number of nitrogens with zero attached hydrogens (tertiary/aromatic N) is 4. The van der Waals surface area contributed by atoms with E-state index in [1.165, 1.54) is 17.5 Å². The molecular weight excluding hydrogens is 384 g/mol. The van der Waals surface area contributed by atoms with Crippen molar-refractivity contribution in [1.82, 2.24) is 19.7 Å². The summed E-state index contributed by atoms with van der Waals surface area (Å²) in [4.78, 5) is 48.1. The van der Waals surface area contributed by atoms with E-state index in [-0.39, 0.29) is 23.6 Å². The summed E-state index contributed by atoms with van der Waals surface area (Å²) in [5.74, 6) is 0.279. The minimum Gasteiger partial charge on any atom is -0.438 e. The highest BCUT2D eigenvalue weighted by atomic mass is 16.3. The van der Waals surface area contributed by atoms with Gasteiger partial charge in [0, 0.05) is 26.2 Å². The van der Waals surface area contributed by atoms with Crippen LogP contribution in [0.2, 0.25) is 0 Å². The van der Waals surface area contributed by atoms with Crippen molar-refractivity contribution in [2.24, 2.45) is 5.92 Å². The molecule has 0 bridgehead atoms. The summed E-state index contributed by atoms with van der Waals surface area (Å²) in [5.41, 5.74) is 0.103. The van der Waals surface area contributed by atoms with Crippen molar-refractivity contribution in [3.63, 3.8) is 0 Å². The number of amides is 4. The smallest absolute Gasteiger partial charge is 0.327 e. The summed E-state index contributed by atoms with van der Waals surface area (Å²) in [6, 6.07) is 9.54. The van der Waals surface area contributed by atoms with E-state index >= 15 is 0 Å². The van der Waals surface area contributed by atoms with E-state index < -0.39 is 5.54 Å². The largest absolute Gasteiger partial charge is 0.438 e. The van der Waals surface area contributed by atoms with Gasteiger partial charge in [-0.15, -0.1) is 0 Å². The number of imide groups is 1. The Morgan fingerprint density at radius 3 is 2.50 bits per heavy atom. The summed E-state index contributed by atoms with van der Waals surface area (Å²) in [7, 11) is 0. The Bertz CT molecular complexity index is 947. The van der Waals surface area contributed by atoms with Crippen LogP contribution in [0.1, 0.15) is 41.8 Å². The van der Waals surface area contributed by atoms with Crippen LogP contribution in [0.25, 0.3) is 0 Å². The zero-order valence-electron chi connectivity index (χ0n) is 16.7. The average Bonchev–Trinajstić information content (AvgIpc) is 3.39. The standard InChI is InChI=1S/C22H24N4O4/c27-19(18-12-23-15-30-18)24-10-8-22(9-11-24)20(28)25(13-17-6-7-17)21(29)26(22)14-16-4-2-1-3-5-16/h1-5,12,15,17H,6-11,13-14H2. The van der Waals surface area contributed by atoms with Gasteiger partial charge in [-0.25, -0.2) is 9.78 Å². The minimum atomic E-state index is -0.889. The molecule has 0 atom stereocenters. The van der Waals surface area contributed by atoms with E-state index in [1.54, 1.807) is 9.80 Å². The number of rotatable bonds is 5. The molecule has 4 amide bonds. The third-order valence-electron chi connectivity index (χ3n) is 6.46. The molecule has 2 aromatic rings. The van der Waals surface area contributed by atoms with E-state index in [0.717, 1.165) is 18.4 Å².